The Balaban J connectivity index is 1.89. The lowest BCUT2D eigenvalue weighted by atomic mass is 10.0. The molecule has 0 unspecified atom stereocenters. The number of rotatable bonds is 5. The van der Waals surface area contributed by atoms with Crippen LogP contribution in [0.15, 0.2) is 46.9 Å². The summed E-state index contributed by atoms with van der Waals surface area (Å²) in [5, 5.41) is 6.96. The van der Waals surface area contributed by atoms with Crippen molar-refractivity contribution in [3.63, 3.8) is 0 Å². The van der Waals surface area contributed by atoms with Crippen LogP contribution in [0.5, 0.6) is 0 Å². The van der Waals surface area contributed by atoms with E-state index in [0.717, 1.165) is 33.5 Å². The molecule has 0 aliphatic carbocycles. The van der Waals surface area contributed by atoms with Crippen LogP contribution in [-0.2, 0) is 6.42 Å². The van der Waals surface area contributed by atoms with Gasteiger partial charge in [0.15, 0.2) is 0 Å². The Morgan fingerprint density at radius 3 is 2.84 bits per heavy atom. The highest BCUT2D eigenvalue weighted by atomic mass is 32.1. The molecule has 0 aliphatic rings. The molecule has 4 nitrogen and oxygen atoms in total. The van der Waals surface area contributed by atoms with Gasteiger partial charge in [0.25, 0.3) is 5.91 Å². The first-order chi connectivity index (χ1) is 12.0. The Hall–Kier alpha value is -2.53. The predicted octanol–water partition coefficient (Wildman–Crippen LogP) is 4.57. The topological polar surface area (TPSA) is 54.4 Å². The minimum atomic E-state index is -0.214. The van der Waals surface area contributed by atoms with Gasteiger partial charge in [-0.2, -0.15) is 5.10 Å². The second-order valence-corrected chi connectivity index (χ2v) is 7.39. The third-order valence-corrected chi connectivity index (χ3v) is 4.83. The molecule has 0 atom stereocenters. The molecule has 0 radical (unpaired) electrons. The largest absolute Gasteiger partial charge is 0.272 e. The maximum atomic E-state index is 12.7. The lowest BCUT2D eigenvalue weighted by molar-refractivity contribution is 0.0956. The van der Waals surface area contributed by atoms with Crippen molar-refractivity contribution < 1.29 is 4.79 Å². The van der Waals surface area contributed by atoms with Gasteiger partial charge in [0, 0.05) is 16.0 Å². The van der Waals surface area contributed by atoms with Crippen LogP contribution in [0.25, 0.3) is 10.9 Å². The van der Waals surface area contributed by atoms with Crippen LogP contribution in [-0.4, -0.2) is 17.1 Å². The van der Waals surface area contributed by atoms with E-state index in [1.54, 1.807) is 17.6 Å². The maximum absolute atomic E-state index is 12.7. The Kier molecular flexibility index (Phi) is 5.24. The van der Waals surface area contributed by atoms with Crippen LogP contribution in [0.4, 0.5) is 0 Å². The van der Waals surface area contributed by atoms with Gasteiger partial charge in [-0.15, -0.1) is 11.3 Å². The molecule has 25 heavy (non-hydrogen) atoms. The fourth-order valence-corrected chi connectivity index (χ4v) is 3.45. The molecule has 1 aromatic carbocycles. The van der Waals surface area contributed by atoms with E-state index in [-0.39, 0.29) is 5.91 Å². The number of nitrogens with one attached hydrogen (secondary N) is 1. The standard InChI is InChI=1S/C20H21N3OS/c1-13(2)10-15-11-17(16-6-4-5-7-18(16)22-15)20(24)23-21-12-19-14(3)8-9-25-19/h4-9,11-13H,10H2,1-3H3,(H,23,24). The van der Waals surface area contributed by atoms with Crippen molar-refractivity contribution in [2.24, 2.45) is 11.0 Å². The molecule has 2 aromatic heterocycles. The third kappa shape index (κ3) is 4.12. The summed E-state index contributed by atoms with van der Waals surface area (Å²) in [4.78, 5) is 18.4. The first-order valence-corrected chi connectivity index (χ1v) is 9.18. The Labute approximate surface area is 151 Å². The van der Waals surface area contributed by atoms with Gasteiger partial charge in [-0.1, -0.05) is 32.0 Å². The maximum Gasteiger partial charge on any atom is 0.272 e. The number of carbonyl (C=O) groups is 1. The zero-order valence-corrected chi connectivity index (χ0v) is 15.4. The minimum Gasteiger partial charge on any atom is -0.267 e. The number of aryl methyl sites for hydroxylation is 1. The lowest BCUT2D eigenvalue weighted by Gasteiger charge is -2.10. The number of amides is 1. The molecule has 0 bridgehead atoms. The SMILES string of the molecule is Cc1ccsc1C=NNC(=O)c1cc(CC(C)C)nc2ccccc12. The van der Waals surface area contributed by atoms with Crippen LogP contribution in [0.2, 0.25) is 0 Å². The first kappa shape index (κ1) is 17.3. The molecule has 128 valence electrons. The molecule has 0 saturated carbocycles. The summed E-state index contributed by atoms with van der Waals surface area (Å²) in [6.07, 6.45) is 2.53. The van der Waals surface area contributed by atoms with Gasteiger partial charge in [0.05, 0.1) is 17.3 Å². The van der Waals surface area contributed by atoms with Gasteiger partial charge in [0.1, 0.15) is 0 Å². The number of fused-ring (bicyclic) bond motifs is 1. The number of aromatic nitrogens is 1. The molecule has 0 saturated heterocycles. The van der Waals surface area contributed by atoms with E-state index >= 15 is 0 Å². The molecule has 1 amide bonds. The van der Waals surface area contributed by atoms with Crippen LogP contribution in [0.3, 0.4) is 0 Å². The van der Waals surface area contributed by atoms with Gasteiger partial charge in [-0.3, -0.25) is 9.78 Å². The molecule has 5 heteroatoms. The average Bonchev–Trinajstić information content (AvgIpc) is 2.98. The summed E-state index contributed by atoms with van der Waals surface area (Å²) in [6, 6.07) is 11.6. The summed E-state index contributed by atoms with van der Waals surface area (Å²) in [5.74, 6) is 0.262. The number of thiophene rings is 1. The first-order valence-electron chi connectivity index (χ1n) is 8.30. The van der Waals surface area contributed by atoms with Crippen molar-refractivity contribution >= 4 is 34.4 Å². The summed E-state index contributed by atoms with van der Waals surface area (Å²) < 4.78 is 0. The highest BCUT2D eigenvalue weighted by Crippen LogP contribution is 2.20. The van der Waals surface area contributed by atoms with E-state index in [2.05, 4.69) is 29.4 Å². The molecule has 3 rings (SSSR count). The molecule has 3 aromatic rings. The molecule has 0 aliphatic heterocycles. The van der Waals surface area contributed by atoms with E-state index in [4.69, 9.17) is 0 Å². The Bertz CT molecular complexity index is 928. The molecule has 0 spiro atoms. The molecule has 0 fully saturated rings. The normalized spacial score (nSPS) is 11.5. The number of nitrogens with zero attached hydrogens (tertiary/aromatic N) is 2. The van der Waals surface area contributed by atoms with Crippen molar-refractivity contribution in [3.05, 3.63) is 63.5 Å². The third-order valence-electron chi connectivity index (χ3n) is 3.88. The van der Waals surface area contributed by atoms with Gasteiger partial charge in [-0.25, -0.2) is 5.43 Å². The van der Waals surface area contributed by atoms with Crippen LogP contribution < -0.4 is 5.43 Å². The lowest BCUT2D eigenvalue weighted by Crippen LogP contribution is -2.19. The average molecular weight is 351 g/mol. The summed E-state index contributed by atoms with van der Waals surface area (Å²) in [7, 11) is 0. The number of carbonyl (C=O) groups excluding carboxylic acids is 1. The van der Waals surface area contributed by atoms with E-state index in [0.29, 0.717) is 11.5 Å². The fraction of sp³-hybridized carbons (Fsp3) is 0.250. The van der Waals surface area contributed by atoms with Gasteiger partial charge < -0.3 is 0 Å². The highest BCUT2D eigenvalue weighted by molar-refractivity contribution is 7.11. The van der Waals surface area contributed by atoms with E-state index in [1.165, 1.54) is 0 Å². The second-order valence-electron chi connectivity index (χ2n) is 6.44. The van der Waals surface area contributed by atoms with Crippen LogP contribution in [0.1, 0.15) is 40.3 Å². The van der Waals surface area contributed by atoms with Crippen LogP contribution >= 0.6 is 11.3 Å². The van der Waals surface area contributed by atoms with Crippen molar-refractivity contribution in [1.29, 1.82) is 0 Å². The smallest absolute Gasteiger partial charge is 0.267 e. The minimum absolute atomic E-state index is 0.214. The monoisotopic (exact) mass is 351 g/mol. The van der Waals surface area contributed by atoms with E-state index in [1.807, 2.05) is 48.7 Å². The number of para-hydroxylation sites is 1. The van der Waals surface area contributed by atoms with Gasteiger partial charge in [0.2, 0.25) is 0 Å². The number of hydrazone groups is 1. The molecule has 2 heterocycles. The quantitative estimate of drug-likeness (QED) is 0.541. The number of pyridine rings is 1. The summed E-state index contributed by atoms with van der Waals surface area (Å²) >= 11 is 1.60. The zero-order valence-electron chi connectivity index (χ0n) is 14.6. The predicted molar refractivity (Wildman–Crippen MR) is 104 cm³/mol. The Morgan fingerprint density at radius 1 is 1.32 bits per heavy atom. The molecular formula is C20H21N3OS. The zero-order chi connectivity index (χ0) is 17.8. The highest BCUT2D eigenvalue weighted by Gasteiger charge is 2.13. The van der Waals surface area contributed by atoms with Crippen molar-refractivity contribution in [3.8, 4) is 0 Å². The number of hydrogen-bond donors (Lipinski definition) is 1. The van der Waals surface area contributed by atoms with Crippen LogP contribution in [0, 0.1) is 12.8 Å². The fourth-order valence-electron chi connectivity index (χ4n) is 2.67. The molecule has 1 N–H and O–H groups in total. The summed E-state index contributed by atoms with van der Waals surface area (Å²) in [6.45, 7) is 6.31. The van der Waals surface area contributed by atoms with Crippen molar-refractivity contribution in [1.82, 2.24) is 10.4 Å². The molecular weight excluding hydrogens is 330 g/mol. The van der Waals surface area contributed by atoms with Crippen molar-refractivity contribution in [2.45, 2.75) is 27.2 Å². The van der Waals surface area contributed by atoms with Gasteiger partial charge >= 0.3 is 0 Å². The van der Waals surface area contributed by atoms with Crippen molar-refractivity contribution in [2.75, 3.05) is 0 Å². The Morgan fingerprint density at radius 2 is 2.12 bits per heavy atom. The van der Waals surface area contributed by atoms with Gasteiger partial charge in [-0.05, 0) is 48.4 Å². The van der Waals surface area contributed by atoms with E-state index < -0.39 is 0 Å². The number of hydrogen-bond acceptors (Lipinski definition) is 4. The van der Waals surface area contributed by atoms with E-state index in [9.17, 15) is 4.79 Å². The number of benzene rings is 1. The summed E-state index contributed by atoms with van der Waals surface area (Å²) in [5.41, 5.74) is 6.17. The second kappa shape index (κ2) is 7.57.